The van der Waals surface area contributed by atoms with Crippen molar-refractivity contribution < 1.29 is 18.0 Å². The summed E-state index contributed by atoms with van der Waals surface area (Å²) < 4.78 is 40.2. The molecule has 0 spiro atoms. The number of aryl methyl sites for hydroxylation is 2. The molecule has 0 unspecified atom stereocenters. The van der Waals surface area contributed by atoms with Gasteiger partial charge in [-0.2, -0.15) is 18.3 Å². The molecule has 0 aromatic carbocycles. The first kappa shape index (κ1) is 15.1. The van der Waals surface area contributed by atoms with E-state index in [9.17, 15) is 18.0 Å². The zero-order chi connectivity index (χ0) is 15.6. The van der Waals surface area contributed by atoms with E-state index in [0.717, 1.165) is 18.8 Å². The molecule has 2 aromatic rings. The summed E-state index contributed by atoms with van der Waals surface area (Å²) in [6, 6.07) is 0.732. The van der Waals surface area contributed by atoms with Crippen molar-refractivity contribution in [2.45, 2.75) is 12.6 Å². The van der Waals surface area contributed by atoms with Crippen LogP contribution in [0.4, 0.5) is 13.2 Å². The van der Waals surface area contributed by atoms with E-state index in [1.807, 2.05) is 7.05 Å². The van der Waals surface area contributed by atoms with Crippen LogP contribution in [0.5, 0.6) is 0 Å². The standard InChI is InChI=1S/C12H14F3N5O/c1-19-6-8(17-7-19)3-4-16-11(21)9-5-10(12(13,14)15)20(2)18-9/h5-7H,3-4H2,1-2H3,(H,16,21). The highest BCUT2D eigenvalue weighted by Crippen LogP contribution is 2.29. The number of nitrogens with zero attached hydrogens (tertiary/aromatic N) is 4. The summed E-state index contributed by atoms with van der Waals surface area (Å²) >= 11 is 0. The van der Waals surface area contributed by atoms with Crippen LogP contribution in [-0.2, 0) is 26.7 Å². The Kier molecular flexibility index (Phi) is 4.01. The summed E-state index contributed by atoms with van der Waals surface area (Å²) in [5.41, 5.74) is -0.432. The average Bonchev–Trinajstić information content (AvgIpc) is 2.95. The summed E-state index contributed by atoms with van der Waals surface area (Å²) in [7, 11) is 2.97. The molecule has 0 bridgehead atoms. The van der Waals surface area contributed by atoms with E-state index >= 15 is 0 Å². The summed E-state index contributed by atoms with van der Waals surface area (Å²) in [6.07, 6.45) is -0.611. The lowest BCUT2D eigenvalue weighted by molar-refractivity contribution is -0.143. The number of aromatic nitrogens is 4. The number of rotatable bonds is 4. The van der Waals surface area contributed by atoms with Crippen LogP contribution in [0, 0.1) is 0 Å². The number of imidazole rings is 1. The number of carbonyl (C=O) groups excluding carboxylic acids is 1. The number of halogens is 3. The topological polar surface area (TPSA) is 64.7 Å². The van der Waals surface area contributed by atoms with Crippen molar-refractivity contribution in [3.05, 3.63) is 35.7 Å². The van der Waals surface area contributed by atoms with Gasteiger partial charge in [-0.15, -0.1) is 0 Å². The molecular formula is C12H14F3N5O. The first-order valence-electron chi connectivity index (χ1n) is 6.13. The first-order chi connectivity index (χ1) is 9.77. The predicted octanol–water partition coefficient (Wildman–Crippen LogP) is 1.14. The minimum absolute atomic E-state index is 0.258. The van der Waals surface area contributed by atoms with Crippen molar-refractivity contribution in [2.24, 2.45) is 14.1 Å². The van der Waals surface area contributed by atoms with Gasteiger partial charge >= 0.3 is 6.18 Å². The molecule has 1 amide bonds. The third-order valence-electron chi connectivity index (χ3n) is 2.83. The van der Waals surface area contributed by atoms with Crippen LogP contribution in [0.3, 0.4) is 0 Å². The first-order valence-corrected chi connectivity index (χ1v) is 6.13. The van der Waals surface area contributed by atoms with Crippen molar-refractivity contribution in [3.8, 4) is 0 Å². The third kappa shape index (κ3) is 3.61. The highest BCUT2D eigenvalue weighted by Gasteiger charge is 2.35. The molecule has 0 aliphatic carbocycles. The Morgan fingerprint density at radius 2 is 2.10 bits per heavy atom. The summed E-state index contributed by atoms with van der Waals surface area (Å²) in [5, 5.41) is 6.09. The van der Waals surface area contributed by atoms with E-state index in [2.05, 4.69) is 15.4 Å². The van der Waals surface area contributed by atoms with Crippen LogP contribution < -0.4 is 5.32 Å². The molecule has 0 aliphatic heterocycles. The normalized spacial score (nSPS) is 11.7. The summed E-state index contributed by atoms with van der Waals surface area (Å²) in [5.74, 6) is -0.642. The predicted molar refractivity (Wildman–Crippen MR) is 67.5 cm³/mol. The zero-order valence-electron chi connectivity index (χ0n) is 11.5. The maximum Gasteiger partial charge on any atom is 0.433 e. The monoisotopic (exact) mass is 301 g/mol. The fourth-order valence-corrected chi connectivity index (χ4v) is 1.83. The second kappa shape index (κ2) is 5.58. The molecule has 0 radical (unpaired) electrons. The van der Waals surface area contributed by atoms with Gasteiger partial charge in [0.2, 0.25) is 0 Å². The molecule has 6 nitrogen and oxygen atoms in total. The van der Waals surface area contributed by atoms with E-state index in [0.29, 0.717) is 11.1 Å². The molecule has 2 heterocycles. The average molecular weight is 301 g/mol. The zero-order valence-corrected chi connectivity index (χ0v) is 11.5. The largest absolute Gasteiger partial charge is 0.433 e. The Morgan fingerprint density at radius 1 is 1.38 bits per heavy atom. The SMILES string of the molecule is Cn1cnc(CCNC(=O)c2cc(C(F)(F)F)n(C)n2)c1. The molecule has 2 rings (SSSR count). The molecular weight excluding hydrogens is 287 g/mol. The van der Waals surface area contributed by atoms with Crippen molar-refractivity contribution in [2.75, 3.05) is 6.54 Å². The third-order valence-corrected chi connectivity index (χ3v) is 2.83. The lowest BCUT2D eigenvalue weighted by Gasteiger charge is -2.04. The maximum atomic E-state index is 12.6. The minimum atomic E-state index is -4.53. The van der Waals surface area contributed by atoms with Crippen molar-refractivity contribution in [3.63, 3.8) is 0 Å². The fraction of sp³-hybridized carbons (Fsp3) is 0.417. The van der Waals surface area contributed by atoms with Crippen molar-refractivity contribution in [1.29, 1.82) is 0 Å². The van der Waals surface area contributed by atoms with Gasteiger partial charge < -0.3 is 9.88 Å². The van der Waals surface area contributed by atoms with Crippen molar-refractivity contribution >= 4 is 5.91 Å². The van der Waals surface area contributed by atoms with Gasteiger partial charge in [0.25, 0.3) is 5.91 Å². The fourth-order valence-electron chi connectivity index (χ4n) is 1.83. The highest BCUT2D eigenvalue weighted by molar-refractivity contribution is 5.92. The lowest BCUT2D eigenvalue weighted by atomic mass is 10.3. The quantitative estimate of drug-likeness (QED) is 0.921. The van der Waals surface area contributed by atoms with Crippen LogP contribution in [0.1, 0.15) is 21.9 Å². The minimum Gasteiger partial charge on any atom is -0.350 e. The second-order valence-electron chi connectivity index (χ2n) is 4.57. The van der Waals surface area contributed by atoms with E-state index in [1.165, 1.54) is 0 Å². The Morgan fingerprint density at radius 3 is 2.62 bits per heavy atom. The van der Waals surface area contributed by atoms with Gasteiger partial charge in [-0.25, -0.2) is 4.98 Å². The number of nitrogens with one attached hydrogen (secondary N) is 1. The highest BCUT2D eigenvalue weighted by atomic mass is 19.4. The molecule has 2 aromatic heterocycles. The van der Waals surface area contributed by atoms with Gasteiger partial charge in [-0.05, 0) is 0 Å². The van der Waals surface area contributed by atoms with Crippen LogP contribution in [0.25, 0.3) is 0 Å². The van der Waals surface area contributed by atoms with E-state index in [-0.39, 0.29) is 12.2 Å². The Labute approximate surface area is 118 Å². The molecule has 0 fully saturated rings. The van der Waals surface area contributed by atoms with Gasteiger partial charge in [0, 0.05) is 39.3 Å². The molecule has 114 valence electrons. The van der Waals surface area contributed by atoms with Gasteiger partial charge in [0.05, 0.1) is 12.0 Å². The van der Waals surface area contributed by atoms with Crippen LogP contribution in [0.15, 0.2) is 18.6 Å². The van der Waals surface area contributed by atoms with E-state index in [4.69, 9.17) is 0 Å². The molecule has 0 aliphatic rings. The number of alkyl halides is 3. The van der Waals surface area contributed by atoms with Gasteiger partial charge in [0.15, 0.2) is 5.69 Å². The van der Waals surface area contributed by atoms with Crippen molar-refractivity contribution in [1.82, 2.24) is 24.6 Å². The number of amides is 1. The van der Waals surface area contributed by atoms with Gasteiger partial charge in [0.1, 0.15) is 5.69 Å². The molecule has 9 heteroatoms. The summed E-state index contributed by atoms with van der Waals surface area (Å²) in [6.45, 7) is 0.272. The smallest absolute Gasteiger partial charge is 0.350 e. The molecule has 0 saturated carbocycles. The molecule has 21 heavy (non-hydrogen) atoms. The summed E-state index contributed by atoms with van der Waals surface area (Å²) in [4.78, 5) is 15.8. The molecule has 0 atom stereocenters. The molecule has 1 N–H and O–H groups in total. The van der Waals surface area contributed by atoms with Crippen LogP contribution in [0.2, 0.25) is 0 Å². The Bertz CT molecular complexity index is 644. The Balaban J connectivity index is 1.94. The van der Waals surface area contributed by atoms with Gasteiger partial charge in [-0.1, -0.05) is 0 Å². The van der Waals surface area contributed by atoms with E-state index < -0.39 is 17.8 Å². The number of hydrogen-bond donors (Lipinski definition) is 1. The molecule has 0 saturated heterocycles. The second-order valence-corrected chi connectivity index (χ2v) is 4.57. The van der Waals surface area contributed by atoms with Crippen LogP contribution in [-0.4, -0.2) is 31.8 Å². The Hall–Kier alpha value is -2.32. The lowest BCUT2D eigenvalue weighted by Crippen LogP contribution is -2.26. The van der Waals surface area contributed by atoms with Crippen LogP contribution >= 0.6 is 0 Å². The maximum absolute atomic E-state index is 12.6. The number of carbonyl (C=O) groups is 1. The van der Waals surface area contributed by atoms with Gasteiger partial charge in [-0.3, -0.25) is 9.48 Å². The van der Waals surface area contributed by atoms with E-state index in [1.54, 1.807) is 17.1 Å². The number of hydrogen-bond acceptors (Lipinski definition) is 3.